The number of nitrogens with zero attached hydrogens (tertiary/aromatic N) is 18. The van der Waals surface area contributed by atoms with E-state index in [0.29, 0.717) is 105 Å². The summed E-state index contributed by atoms with van der Waals surface area (Å²) in [5, 5.41) is 33.9. The molecule has 3 aliphatic heterocycles. The Balaban J connectivity index is 0.000000147. The van der Waals surface area contributed by atoms with Gasteiger partial charge in [0.1, 0.15) is 44.7 Å². The number of aromatic nitrogens is 15. The molecule has 0 radical (unpaired) electrons. The summed E-state index contributed by atoms with van der Waals surface area (Å²) >= 11 is 5.91. The number of amides is 2. The fourth-order valence-electron chi connectivity index (χ4n) is 12.1. The van der Waals surface area contributed by atoms with Crippen molar-refractivity contribution in [2.75, 3.05) is 87.5 Å². The number of ether oxygens (including phenoxy) is 2. The van der Waals surface area contributed by atoms with Gasteiger partial charge in [0.05, 0.1) is 115 Å². The van der Waals surface area contributed by atoms with Crippen molar-refractivity contribution >= 4 is 127 Å². The van der Waals surface area contributed by atoms with E-state index in [1.54, 1.807) is 21.9 Å². The average Bonchev–Trinajstić information content (AvgIpc) is 1.67. The van der Waals surface area contributed by atoms with Crippen LogP contribution in [0.3, 0.4) is 0 Å². The van der Waals surface area contributed by atoms with Crippen LogP contribution in [0.2, 0.25) is 5.02 Å². The predicted molar refractivity (Wildman–Crippen MR) is 383 cm³/mol. The molecule has 34 nitrogen and oxygen atoms in total. The van der Waals surface area contributed by atoms with Crippen molar-refractivity contribution in [3.63, 3.8) is 0 Å². The van der Waals surface area contributed by atoms with Crippen LogP contribution in [-0.4, -0.2) is 165 Å². The van der Waals surface area contributed by atoms with Gasteiger partial charge in [-0.05, 0) is 103 Å². The standard InChI is InChI=1S/C22H25F2N7O3.C18H17F2N7O3.C15H22FN3O2.C13H7ClFN7O2/c1-22(2,3)34-21(33)12-4-6-30(7-5-12)17-14(24)9-26-10-15(17)28-20(32)16-18(25)29-31-11-13(23)8-27-19(16)31;19-10-5-23-16-13(15(21)25-27(16)8-10)17(28)24-12-7-22-6-11(20)14(12)26-3-1-9(2-4-26)18(29)30;1-15(2,3)21-14(20)10-4-6-19(7-5-10)13-11(16)8-18-9-12(13)17;14-6-1-2-8-9(3-6)22(20-18-8)24-13(23)10-11(16)19-21-5-7(15)4-17-12(10)21/h8-12H,4-7H2,1-3H3,(H2,25,29)(H,28,32);5-9H,1-4H2,(H2,21,25)(H,24,28)(H,29,30);8-10H,4-7,17H2,1-3H3;1-5H,(H2,16,19). The monoisotopic (exact) mass is 1530 g/mol. The summed E-state index contributed by atoms with van der Waals surface area (Å²) in [5.74, 6) is -8.62. The van der Waals surface area contributed by atoms with E-state index < -0.39 is 75.8 Å². The number of pyridine rings is 3. The van der Waals surface area contributed by atoms with Gasteiger partial charge in [-0.3, -0.25) is 38.9 Å². The van der Waals surface area contributed by atoms with Gasteiger partial charge in [0, 0.05) is 44.3 Å². The molecular formula is C68H71ClF6N24O10. The number of nitrogen functional groups attached to an aromatic ring is 4. The lowest BCUT2D eigenvalue weighted by Gasteiger charge is -2.34. The van der Waals surface area contributed by atoms with Crippen molar-refractivity contribution in [3.8, 4) is 0 Å². The largest absolute Gasteiger partial charge is 0.481 e. The number of benzene rings is 1. The molecule has 572 valence electrons. The zero-order valence-electron chi connectivity index (χ0n) is 59.0. The zero-order valence-corrected chi connectivity index (χ0v) is 59.8. The Bertz CT molecular complexity index is 5260. The maximum atomic E-state index is 14.8. The van der Waals surface area contributed by atoms with E-state index in [0.717, 1.165) is 74.2 Å². The van der Waals surface area contributed by atoms with Crippen molar-refractivity contribution in [2.45, 2.75) is 91.3 Å². The quantitative estimate of drug-likeness (QED) is 0.0348. The molecule has 3 aliphatic rings. The van der Waals surface area contributed by atoms with Crippen LogP contribution >= 0.6 is 11.6 Å². The summed E-state index contributed by atoms with van der Waals surface area (Å²) in [6.45, 7) is 13.5. The van der Waals surface area contributed by atoms with Crippen LogP contribution in [0.25, 0.3) is 28.0 Å². The van der Waals surface area contributed by atoms with E-state index in [2.05, 4.69) is 66.1 Å². The van der Waals surface area contributed by atoms with E-state index in [4.69, 9.17) is 54.0 Å². The normalized spacial score (nSPS) is 14.4. The average molecular weight is 1530 g/mol. The smallest absolute Gasteiger partial charge is 0.373 e. The Hall–Kier alpha value is -12.8. The molecule has 41 heteroatoms. The van der Waals surface area contributed by atoms with Crippen LogP contribution in [0, 0.1) is 52.7 Å². The van der Waals surface area contributed by atoms with Crippen molar-refractivity contribution in [2.24, 2.45) is 17.8 Å². The van der Waals surface area contributed by atoms with Crippen LogP contribution in [0.15, 0.2) is 92.6 Å². The number of esters is 2. The van der Waals surface area contributed by atoms with Crippen molar-refractivity contribution in [1.29, 1.82) is 0 Å². The molecular weight excluding hydrogens is 1460 g/mol. The van der Waals surface area contributed by atoms with Gasteiger partial charge in [-0.25, -0.2) is 59.6 Å². The molecule has 0 atom stereocenters. The van der Waals surface area contributed by atoms with Crippen molar-refractivity contribution in [1.82, 2.24) is 73.9 Å². The van der Waals surface area contributed by atoms with Gasteiger partial charge in [-0.15, -0.1) is 20.4 Å². The number of nitrogens with two attached hydrogens (primary N) is 4. The number of carbonyl (C=O) groups excluding carboxylic acids is 5. The Kier molecular flexibility index (Phi) is 22.8. The number of nitrogens with one attached hydrogen (secondary N) is 2. The van der Waals surface area contributed by atoms with E-state index in [1.165, 1.54) is 24.7 Å². The van der Waals surface area contributed by atoms with Gasteiger partial charge >= 0.3 is 23.9 Å². The number of carboxylic acids is 1. The SMILES string of the molecule is CC(C)(C)OC(=O)C1CCN(c2c(F)cncc2NC(=O)c2c(N)nn3cc(F)cnc23)CC1.CC(C)(C)OC(=O)C1CCN(c2c(N)cncc2F)CC1.Nc1nn2cc(F)cnc2c1C(=O)Nc1cncc(F)c1N1CCC(C(=O)O)CC1.Nc1nn2cc(F)cnc2c1C(=O)On1nnc2ccc(Cl)cc21. The number of rotatable bonds is 12. The minimum absolute atomic E-state index is 0.0413. The summed E-state index contributed by atoms with van der Waals surface area (Å²) in [5.41, 5.74) is 24.1. The Labute approximate surface area is 618 Å². The Morgan fingerprint density at radius 1 is 0.514 bits per heavy atom. The third-order valence-electron chi connectivity index (χ3n) is 17.0. The molecule has 109 heavy (non-hydrogen) atoms. The molecule has 0 unspecified atom stereocenters. The van der Waals surface area contributed by atoms with Crippen LogP contribution in [0.1, 0.15) is 111 Å². The number of halogens is 7. The first-order valence-corrected chi connectivity index (χ1v) is 33.9. The van der Waals surface area contributed by atoms with E-state index in [-0.39, 0.29) is 97.6 Å². The zero-order chi connectivity index (χ0) is 78.5. The van der Waals surface area contributed by atoms with Crippen molar-refractivity contribution in [3.05, 3.63) is 149 Å². The second kappa shape index (κ2) is 32.1. The third-order valence-corrected chi connectivity index (χ3v) is 17.3. The van der Waals surface area contributed by atoms with Gasteiger partial charge < -0.3 is 67.7 Å². The molecule has 0 saturated carbocycles. The van der Waals surface area contributed by atoms with Crippen molar-refractivity contribution < 1.29 is 74.5 Å². The molecule has 0 aliphatic carbocycles. The lowest BCUT2D eigenvalue weighted by atomic mass is 9.96. The van der Waals surface area contributed by atoms with Gasteiger partial charge in [0.2, 0.25) is 0 Å². The fourth-order valence-corrected chi connectivity index (χ4v) is 12.3. The predicted octanol–water partition coefficient (Wildman–Crippen LogP) is 7.81. The number of hydrogen-bond acceptors (Lipinski definition) is 27. The second-order valence-electron chi connectivity index (χ2n) is 27.1. The molecule has 11 N–H and O–H groups in total. The second-order valence-corrected chi connectivity index (χ2v) is 27.5. The van der Waals surface area contributed by atoms with E-state index in [1.807, 2.05) is 46.4 Å². The lowest BCUT2D eigenvalue weighted by Crippen LogP contribution is -2.39. The Morgan fingerprint density at radius 2 is 0.890 bits per heavy atom. The van der Waals surface area contributed by atoms with Crippen LogP contribution in [0.5, 0.6) is 0 Å². The summed E-state index contributed by atoms with van der Waals surface area (Å²) in [6.07, 6.45) is 16.1. The molecule has 0 bridgehead atoms. The molecule has 1 aromatic carbocycles. The summed E-state index contributed by atoms with van der Waals surface area (Å²) in [4.78, 5) is 108. The molecule has 14 rings (SSSR count). The first kappa shape index (κ1) is 77.3. The maximum absolute atomic E-state index is 14.8. The van der Waals surface area contributed by atoms with Gasteiger partial charge in [-0.1, -0.05) is 16.4 Å². The minimum Gasteiger partial charge on any atom is -0.481 e. The number of hydrogen-bond donors (Lipinski definition) is 7. The van der Waals surface area contributed by atoms with Gasteiger partial charge in [-0.2, -0.15) is 0 Å². The highest BCUT2D eigenvalue weighted by Crippen LogP contribution is 2.37. The number of anilines is 9. The molecule has 0 spiro atoms. The highest BCUT2D eigenvalue weighted by molar-refractivity contribution is 6.31. The lowest BCUT2D eigenvalue weighted by molar-refractivity contribution is -0.161. The Morgan fingerprint density at radius 3 is 1.29 bits per heavy atom. The first-order valence-electron chi connectivity index (χ1n) is 33.5. The third kappa shape index (κ3) is 18.0. The topological polar surface area (TPSA) is 448 Å². The molecule has 3 saturated heterocycles. The molecule has 2 amide bonds. The molecule has 10 aromatic heterocycles. The number of carbonyl (C=O) groups is 6. The fraction of sp³-hybridized carbons (Fsp3) is 0.338. The number of fused-ring (bicyclic) bond motifs is 4. The number of piperidine rings is 3. The van der Waals surface area contributed by atoms with Gasteiger partial charge in [0.15, 0.2) is 74.9 Å². The molecule has 13 heterocycles. The molecule has 11 aromatic rings. The number of carboxylic acid groups (broad SMARTS) is 1. The van der Waals surface area contributed by atoms with Crippen LogP contribution in [0.4, 0.5) is 77.9 Å². The van der Waals surface area contributed by atoms with Gasteiger partial charge in [0.25, 0.3) is 11.8 Å². The van der Waals surface area contributed by atoms with E-state index >= 15 is 0 Å². The summed E-state index contributed by atoms with van der Waals surface area (Å²) in [6, 6.07) is 4.80. The van der Waals surface area contributed by atoms with E-state index in [9.17, 15) is 55.1 Å². The van der Waals surface area contributed by atoms with Crippen LogP contribution < -0.4 is 53.1 Å². The number of aliphatic carboxylic acids is 1. The first-order chi connectivity index (χ1) is 51.7. The maximum Gasteiger partial charge on any atom is 0.373 e. The highest BCUT2D eigenvalue weighted by atomic mass is 35.5. The minimum atomic E-state index is -0.883. The van der Waals surface area contributed by atoms with Crippen LogP contribution in [-0.2, 0) is 23.9 Å². The molecule has 3 fully saturated rings. The highest BCUT2D eigenvalue weighted by Gasteiger charge is 2.35. The summed E-state index contributed by atoms with van der Waals surface area (Å²) in [7, 11) is 0. The summed E-state index contributed by atoms with van der Waals surface area (Å²) < 4.78 is 97.3.